The summed E-state index contributed by atoms with van der Waals surface area (Å²) in [6.07, 6.45) is 3.82. The average Bonchev–Trinajstić information content (AvgIpc) is 2.46. The second kappa shape index (κ2) is 6.69. The number of nitrogens with zero attached hydrogens (tertiary/aromatic N) is 1. The van der Waals surface area contributed by atoms with Crippen LogP contribution in [0, 0.1) is 5.82 Å². The number of hydrogen-bond acceptors (Lipinski definition) is 2. The standard InChI is InChI=1S/C16H15FNO/c1-2-13-3-5-14(6-4-13)11-18-19-12-15-7-9-16(17)10-8-15/h3-10H,2,12H2,1H3. The Labute approximate surface area is 112 Å². The molecule has 0 saturated heterocycles. The SMILES string of the molecule is CCc1ccc(/[C]=N\OCc2ccc(F)cc2)cc1. The maximum absolute atomic E-state index is 12.7. The van der Waals surface area contributed by atoms with E-state index in [1.807, 2.05) is 24.3 Å². The van der Waals surface area contributed by atoms with Gasteiger partial charge in [-0.3, -0.25) is 0 Å². The number of rotatable bonds is 5. The van der Waals surface area contributed by atoms with E-state index in [0.29, 0.717) is 6.61 Å². The monoisotopic (exact) mass is 256 g/mol. The van der Waals surface area contributed by atoms with E-state index in [1.54, 1.807) is 12.1 Å². The van der Waals surface area contributed by atoms with Crippen molar-refractivity contribution < 1.29 is 9.23 Å². The van der Waals surface area contributed by atoms with Crippen LogP contribution >= 0.6 is 0 Å². The normalized spacial score (nSPS) is 10.8. The molecule has 0 unspecified atom stereocenters. The fourth-order valence-corrected chi connectivity index (χ4v) is 1.59. The minimum atomic E-state index is -0.255. The molecule has 2 rings (SSSR count). The molecule has 0 atom stereocenters. The van der Waals surface area contributed by atoms with Gasteiger partial charge in [0, 0.05) is 5.56 Å². The molecule has 19 heavy (non-hydrogen) atoms. The quantitative estimate of drug-likeness (QED) is 0.588. The maximum Gasteiger partial charge on any atom is 0.142 e. The van der Waals surface area contributed by atoms with Crippen molar-refractivity contribution in [1.29, 1.82) is 0 Å². The highest BCUT2D eigenvalue weighted by Crippen LogP contribution is 2.05. The highest BCUT2D eigenvalue weighted by molar-refractivity contribution is 5.79. The zero-order valence-electron chi connectivity index (χ0n) is 10.8. The van der Waals surface area contributed by atoms with Gasteiger partial charge < -0.3 is 4.84 Å². The summed E-state index contributed by atoms with van der Waals surface area (Å²) in [5.74, 6) is -0.255. The van der Waals surface area contributed by atoms with Gasteiger partial charge in [0.1, 0.15) is 18.6 Å². The Morgan fingerprint density at radius 3 is 2.26 bits per heavy atom. The molecule has 0 bridgehead atoms. The highest BCUT2D eigenvalue weighted by atomic mass is 19.1. The molecule has 0 aromatic heterocycles. The predicted molar refractivity (Wildman–Crippen MR) is 73.5 cm³/mol. The molecule has 1 radical (unpaired) electrons. The fourth-order valence-electron chi connectivity index (χ4n) is 1.59. The second-order valence-corrected chi connectivity index (χ2v) is 4.15. The minimum absolute atomic E-state index is 0.255. The Balaban J connectivity index is 1.84. The molecule has 2 nitrogen and oxygen atoms in total. The van der Waals surface area contributed by atoms with Crippen LogP contribution in [0.15, 0.2) is 53.7 Å². The van der Waals surface area contributed by atoms with E-state index in [-0.39, 0.29) is 5.82 Å². The lowest BCUT2D eigenvalue weighted by Gasteiger charge is -1.99. The van der Waals surface area contributed by atoms with Crippen molar-refractivity contribution in [3.63, 3.8) is 0 Å². The van der Waals surface area contributed by atoms with Crippen LogP contribution in [0.3, 0.4) is 0 Å². The van der Waals surface area contributed by atoms with Crippen molar-refractivity contribution in [2.45, 2.75) is 20.0 Å². The number of benzene rings is 2. The molecule has 0 saturated carbocycles. The van der Waals surface area contributed by atoms with Crippen molar-refractivity contribution in [2.24, 2.45) is 5.16 Å². The van der Waals surface area contributed by atoms with Crippen LogP contribution < -0.4 is 0 Å². The first-order valence-corrected chi connectivity index (χ1v) is 6.19. The van der Waals surface area contributed by atoms with E-state index < -0.39 is 0 Å². The Kier molecular flexibility index (Phi) is 4.67. The number of aryl methyl sites for hydroxylation is 1. The van der Waals surface area contributed by atoms with Crippen LogP contribution in [0.5, 0.6) is 0 Å². The lowest BCUT2D eigenvalue weighted by Crippen LogP contribution is -1.89. The molecule has 0 amide bonds. The first-order chi connectivity index (χ1) is 9.28. The van der Waals surface area contributed by atoms with Gasteiger partial charge in [-0.25, -0.2) is 4.39 Å². The van der Waals surface area contributed by atoms with Crippen molar-refractivity contribution in [2.75, 3.05) is 0 Å². The molecule has 0 aliphatic rings. The molecule has 2 aromatic rings. The Bertz CT molecular complexity index is 532. The first kappa shape index (κ1) is 13.3. The molecule has 2 aromatic carbocycles. The molecular weight excluding hydrogens is 241 g/mol. The van der Waals surface area contributed by atoms with Gasteiger partial charge in [-0.15, -0.1) is 0 Å². The van der Waals surface area contributed by atoms with E-state index in [0.717, 1.165) is 17.5 Å². The Morgan fingerprint density at radius 1 is 1.00 bits per heavy atom. The molecule has 97 valence electrons. The summed E-state index contributed by atoms with van der Waals surface area (Å²) < 4.78 is 12.7. The van der Waals surface area contributed by atoms with Gasteiger partial charge in [0.25, 0.3) is 0 Å². The average molecular weight is 256 g/mol. The third-order valence-electron chi connectivity index (χ3n) is 2.75. The summed E-state index contributed by atoms with van der Waals surface area (Å²) in [5, 5.41) is 3.77. The van der Waals surface area contributed by atoms with Crippen LogP contribution in [0.1, 0.15) is 23.6 Å². The third kappa shape index (κ3) is 4.21. The van der Waals surface area contributed by atoms with Gasteiger partial charge in [-0.1, -0.05) is 48.5 Å². The molecule has 0 N–H and O–H groups in total. The van der Waals surface area contributed by atoms with Crippen LogP contribution in [0.2, 0.25) is 0 Å². The molecule has 0 spiro atoms. The molecule has 0 aliphatic heterocycles. The fraction of sp³-hybridized carbons (Fsp3) is 0.188. The van der Waals surface area contributed by atoms with E-state index in [2.05, 4.69) is 18.3 Å². The largest absolute Gasteiger partial charge is 0.390 e. The molecule has 0 heterocycles. The lowest BCUT2D eigenvalue weighted by molar-refractivity contribution is 0.132. The number of hydrogen-bond donors (Lipinski definition) is 0. The first-order valence-electron chi connectivity index (χ1n) is 6.19. The van der Waals surface area contributed by atoms with Crippen LogP contribution in [-0.2, 0) is 17.9 Å². The Morgan fingerprint density at radius 2 is 1.63 bits per heavy atom. The summed E-state index contributed by atoms with van der Waals surface area (Å²) in [6, 6.07) is 14.1. The van der Waals surface area contributed by atoms with Gasteiger partial charge in [0.15, 0.2) is 0 Å². The van der Waals surface area contributed by atoms with E-state index in [9.17, 15) is 4.39 Å². The summed E-state index contributed by atoms with van der Waals surface area (Å²) in [4.78, 5) is 5.11. The van der Waals surface area contributed by atoms with Crippen LogP contribution in [-0.4, -0.2) is 6.21 Å². The summed E-state index contributed by atoms with van der Waals surface area (Å²) >= 11 is 0. The summed E-state index contributed by atoms with van der Waals surface area (Å²) in [6.45, 7) is 2.42. The summed E-state index contributed by atoms with van der Waals surface area (Å²) in [5.41, 5.74) is 3.02. The van der Waals surface area contributed by atoms with Crippen LogP contribution in [0.4, 0.5) is 4.39 Å². The van der Waals surface area contributed by atoms with Gasteiger partial charge in [0.2, 0.25) is 0 Å². The van der Waals surface area contributed by atoms with Gasteiger partial charge in [0.05, 0.1) is 0 Å². The van der Waals surface area contributed by atoms with Gasteiger partial charge in [-0.05, 0) is 29.7 Å². The summed E-state index contributed by atoms with van der Waals surface area (Å²) in [7, 11) is 0. The van der Waals surface area contributed by atoms with Gasteiger partial charge in [-0.2, -0.15) is 0 Å². The van der Waals surface area contributed by atoms with E-state index in [4.69, 9.17) is 4.84 Å². The van der Waals surface area contributed by atoms with E-state index in [1.165, 1.54) is 17.7 Å². The van der Waals surface area contributed by atoms with Crippen molar-refractivity contribution in [3.8, 4) is 0 Å². The van der Waals surface area contributed by atoms with Crippen molar-refractivity contribution in [1.82, 2.24) is 0 Å². The molecule has 0 aliphatic carbocycles. The van der Waals surface area contributed by atoms with Crippen molar-refractivity contribution >= 4 is 6.21 Å². The molecule has 3 heteroatoms. The zero-order valence-corrected chi connectivity index (χ0v) is 10.8. The topological polar surface area (TPSA) is 21.6 Å². The molecule has 0 fully saturated rings. The maximum atomic E-state index is 12.7. The third-order valence-corrected chi connectivity index (χ3v) is 2.75. The van der Waals surface area contributed by atoms with Crippen LogP contribution in [0.25, 0.3) is 0 Å². The lowest BCUT2D eigenvalue weighted by atomic mass is 10.1. The van der Waals surface area contributed by atoms with E-state index >= 15 is 0 Å². The Hall–Kier alpha value is -2.16. The predicted octanol–water partition coefficient (Wildman–Crippen LogP) is 3.82. The number of halogens is 1. The second-order valence-electron chi connectivity index (χ2n) is 4.15. The zero-order chi connectivity index (χ0) is 13.5. The molecular formula is C16H15FNO. The minimum Gasteiger partial charge on any atom is -0.390 e. The smallest absolute Gasteiger partial charge is 0.142 e. The van der Waals surface area contributed by atoms with Crippen molar-refractivity contribution in [3.05, 3.63) is 71.0 Å². The van der Waals surface area contributed by atoms with Gasteiger partial charge >= 0.3 is 0 Å². The highest BCUT2D eigenvalue weighted by Gasteiger charge is 1.94.